The standard InChI is InChI=1S/C17H18N6O2/c18-5-9-3-14(19-6-9)15(24)20-13-4-11-7-23(8-12(11)13)17-22-21-16(25-17)10-1-2-10/h3,6,10-13,19H,1-2,4,7-8H2,(H,20,24). The van der Waals surface area contributed by atoms with Gasteiger partial charge in [-0.3, -0.25) is 4.79 Å². The minimum atomic E-state index is -0.155. The number of fused-ring (bicyclic) bond motifs is 1. The molecule has 25 heavy (non-hydrogen) atoms. The fourth-order valence-electron chi connectivity index (χ4n) is 3.91. The average molecular weight is 338 g/mol. The first-order valence-electron chi connectivity index (χ1n) is 8.69. The Morgan fingerprint density at radius 2 is 2.28 bits per heavy atom. The summed E-state index contributed by atoms with van der Waals surface area (Å²) in [5, 5.41) is 20.3. The highest BCUT2D eigenvalue weighted by Crippen LogP contribution is 2.44. The quantitative estimate of drug-likeness (QED) is 0.872. The number of aromatic nitrogens is 3. The zero-order chi connectivity index (χ0) is 17.0. The van der Waals surface area contributed by atoms with Crippen molar-refractivity contribution in [3.63, 3.8) is 0 Å². The van der Waals surface area contributed by atoms with Crippen LogP contribution in [0.5, 0.6) is 0 Å². The van der Waals surface area contributed by atoms with Gasteiger partial charge in [0.05, 0.1) is 5.56 Å². The third-order valence-electron chi connectivity index (χ3n) is 5.57. The van der Waals surface area contributed by atoms with Crippen molar-refractivity contribution in [3.05, 3.63) is 29.4 Å². The van der Waals surface area contributed by atoms with Crippen molar-refractivity contribution >= 4 is 11.9 Å². The van der Waals surface area contributed by atoms with E-state index in [-0.39, 0.29) is 11.9 Å². The summed E-state index contributed by atoms with van der Waals surface area (Å²) in [6.45, 7) is 1.74. The summed E-state index contributed by atoms with van der Waals surface area (Å²) < 4.78 is 5.80. The average Bonchev–Trinajstić information content (AvgIpc) is 3.04. The summed E-state index contributed by atoms with van der Waals surface area (Å²) in [6, 6.07) is 4.36. The van der Waals surface area contributed by atoms with E-state index in [1.165, 1.54) is 0 Å². The van der Waals surface area contributed by atoms with Gasteiger partial charge in [-0.1, -0.05) is 5.10 Å². The second kappa shape index (κ2) is 5.34. The molecule has 0 bridgehead atoms. The number of carbonyl (C=O) groups is 1. The Morgan fingerprint density at radius 1 is 1.40 bits per heavy atom. The van der Waals surface area contributed by atoms with Crippen LogP contribution in [-0.4, -0.2) is 40.2 Å². The Balaban J connectivity index is 1.21. The Labute approximate surface area is 144 Å². The SMILES string of the molecule is N#Cc1c[nH]c(C(=O)NC2CC3CN(c4nnc(C5CC5)o4)CC32)c1. The molecule has 0 spiro atoms. The van der Waals surface area contributed by atoms with Gasteiger partial charge in [-0.25, -0.2) is 0 Å². The number of nitrogens with one attached hydrogen (secondary N) is 2. The molecule has 1 saturated heterocycles. The van der Waals surface area contributed by atoms with E-state index in [1.807, 2.05) is 6.07 Å². The fourth-order valence-corrected chi connectivity index (χ4v) is 3.91. The van der Waals surface area contributed by atoms with Gasteiger partial charge in [-0.05, 0) is 31.2 Å². The molecule has 2 N–H and O–H groups in total. The first-order valence-corrected chi connectivity index (χ1v) is 8.69. The molecule has 3 heterocycles. The topological polar surface area (TPSA) is 111 Å². The van der Waals surface area contributed by atoms with Crippen LogP contribution in [0.2, 0.25) is 0 Å². The predicted octanol–water partition coefficient (Wildman–Crippen LogP) is 1.40. The maximum absolute atomic E-state index is 12.3. The Kier molecular flexibility index (Phi) is 3.10. The Hall–Kier alpha value is -2.82. The molecule has 0 aromatic carbocycles. The molecule has 1 amide bonds. The molecule has 2 saturated carbocycles. The van der Waals surface area contributed by atoms with Crippen molar-refractivity contribution in [1.29, 1.82) is 5.26 Å². The Morgan fingerprint density at radius 3 is 3.04 bits per heavy atom. The summed E-state index contributed by atoms with van der Waals surface area (Å²) >= 11 is 0. The molecular weight excluding hydrogens is 320 g/mol. The third-order valence-corrected chi connectivity index (χ3v) is 5.57. The van der Waals surface area contributed by atoms with Crippen LogP contribution >= 0.6 is 0 Å². The summed E-state index contributed by atoms with van der Waals surface area (Å²) in [4.78, 5) is 17.3. The Bertz CT molecular complexity index is 861. The highest BCUT2D eigenvalue weighted by atomic mass is 16.4. The summed E-state index contributed by atoms with van der Waals surface area (Å²) in [5.74, 6) is 2.04. The maximum Gasteiger partial charge on any atom is 0.318 e. The molecule has 2 aromatic rings. The zero-order valence-electron chi connectivity index (χ0n) is 13.6. The fraction of sp³-hybridized carbons (Fsp3) is 0.529. The smallest absolute Gasteiger partial charge is 0.318 e. The molecule has 8 heteroatoms. The molecule has 3 aliphatic rings. The van der Waals surface area contributed by atoms with Crippen molar-refractivity contribution in [3.8, 4) is 6.07 Å². The predicted molar refractivity (Wildman–Crippen MR) is 86.8 cm³/mol. The molecule has 2 aromatic heterocycles. The number of hydrogen-bond donors (Lipinski definition) is 2. The highest BCUT2D eigenvalue weighted by molar-refractivity contribution is 5.93. The first kappa shape index (κ1) is 14.5. The van der Waals surface area contributed by atoms with Crippen LogP contribution in [0.3, 0.4) is 0 Å². The van der Waals surface area contributed by atoms with Gasteiger partial charge in [0.1, 0.15) is 11.8 Å². The number of anilines is 1. The summed E-state index contributed by atoms with van der Waals surface area (Å²) in [5.41, 5.74) is 0.896. The number of carbonyl (C=O) groups excluding carboxylic acids is 1. The first-order chi connectivity index (χ1) is 12.2. The highest BCUT2D eigenvalue weighted by Gasteiger charge is 2.49. The van der Waals surface area contributed by atoms with E-state index < -0.39 is 0 Å². The molecule has 3 fully saturated rings. The van der Waals surface area contributed by atoms with Gasteiger partial charge in [0, 0.05) is 37.2 Å². The zero-order valence-corrected chi connectivity index (χ0v) is 13.6. The van der Waals surface area contributed by atoms with E-state index in [4.69, 9.17) is 9.68 Å². The maximum atomic E-state index is 12.3. The minimum Gasteiger partial charge on any atom is -0.408 e. The lowest BCUT2D eigenvalue weighted by atomic mass is 9.71. The minimum absolute atomic E-state index is 0.155. The van der Waals surface area contributed by atoms with Gasteiger partial charge in [0.15, 0.2) is 0 Å². The molecule has 0 radical (unpaired) electrons. The molecule has 3 atom stereocenters. The van der Waals surface area contributed by atoms with Crippen LogP contribution in [0.4, 0.5) is 6.01 Å². The number of hydrogen-bond acceptors (Lipinski definition) is 6. The summed E-state index contributed by atoms with van der Waals surface area (Å²) in [6.07, 6.45) is 4.80. The van der Waals surface area contributed by atoms with Gasteiger partial charge in [-0.2, -0.15) is 5.26 Å². The van der Waals surface area contributed by atoms with E-state index in [0.717, 1.165) is 38.2 Å². The third kappa shape index (κ3) is 2.47. The lowest BCUT2D eigenvalue weighted by Gasteiger charge is -2.39. The molecule has 3 unspecified atom stereocenters. The van der Waals surface area contributed by atoms with Crippen LogP contribution in [0.1, 0.15) is 47.1 Å². The van der Waals surface area contributed by atoms with E-state index in [1.54, 1.807) is 12.3 Å². The number of amides is 1. The number of rotatable bonds is 4. The van der Waals surface area contributed by atoms with Crippen LogP contribution in [0.15, 0.2) is 16.7 Å². The van der Waals surface area contributed by atoms with E-state index in [0.29, 0.717) is 35.0 Å². The molecule has 8 nitrogen and oxygen atoms in total. The molecule has 128 valence electrons. The van der Waals surface area contributed by atoms with Gasteiger partial charge in [-0.15, -0.1) is 5.10 Å². The molecular formula is C17H18N6O2. The van der Waals surface area contributed by atoms with E-state index in [2.05, 4.69) is 25.4 Å². The van der Waals surface area contributed by atoms with Crippen LogP contribution in [0.25, 0.3) is 0 Å². The number of H-pyrrole nitrogens is 1. The second-order valence-corrected chi connectivity index (χ2v) is 7.26. The van der Waals surface area contributed by atoms with Gasteiger partial charge >= 0.3 is 6.01 Å². The largest absolute Gasteiger partial charge is 0.408 e. The summed E-state index contributed by atoms with van der Waals surface area (Å²) in [7, 11) is 0. The lowest BCUT2D eigenvalue weighted by molar-refractivity contribution is 0.0828. The number of nitriles is 1. The molecule has 5 rings (SSSR count). The normalized spacial score (nSPS) is 27.5. The van der Waals surface area contributed by atoms with E-state index in [9.17, 15) is 4.79 Å². The van der Waals surface area contributed by atoms with Gasteiger partial charge in [0.2, 0.25) is 5.89 Å². The van der Waals surface area contributed by atoms with Crippen LogP contribution < -0.4 is 10.2 Å². The lowest BCUT2D eigenvalue weighted by Crippen LogP contribution is -2.52. The van der Waals surface area contributed by atoms with E-state index >= 15 is 0 Å². The van der Waals surface area contributed by atoms with Crippen LogP contribution in [-0.2, 0) is 0 Å². The van der Waals surface area contributed by atoms with Crippen LogP contribution in [0, 0.1) is 23.2 Å². The molecule has 2 aliphatic carbocycles. The number of nitrogens with zero attached hydrogens (tertiary/aromatic N) is 4. The van der Waals surface area contributed by atoms with Crippen molar-refractivity contribution in [2.45, 2.75) is 31.2 Å². The number of aromatic amines is 1. The van der Waals surface area contributed by atoms with Gasteiger partial charge < -0.3 is 19.6 Å². The van der Waals surface area contributed by atoms with Gasteiger partial charge in [0.25, 0.3) is 5.91 Å². The van der Waals surface area contributed by atoms with Crippen molar-refractivity contribution < 1.29 is 9.21 Å². The second-order valence-electron chi connectivity index (χ2n) is 7.26. The monoisotopic (exact) mass is 338 g/mol. The van der Waals surface area contributed by atoms with Crippen molar-refractivity contribution in [2.24, 2.45) is 11.8 Å². The van der Waals surface area contributed by atoms with Crippen molar-refractivity contribution in [2.75, 3.05) is 18.0 Å². The van der Waals surface area contributed by atoms with Crippen molar-refractivity contribution in [1.82, 2.24) is 20.5 Å². The molecule has 1 aliphatic heterocycles.